The molecule has 0 N–H and O–H groups in total. The summed E-state index contributed by atoms with van der Waals surface area (Å²) in [7, 11) is 14.8. The predicted molar refractivity (Wildman–Crippen MR) is 130 cm³/mol. The van der Waals surface area contributed by atoms with Crippen LogP contribution in [-0.4, -0.2) is 0 Å². The first-order chi connectivity index (χ1) is 16.5. The van der Waals surface area contributed by atoms with Crippen molar-refractivity contribution in [2.45, 2.75) is 79.4 Å². The Balaban J connectivity index is 1.82. The Hall–Kier alpha value is -0.777. The third-order valence-corrected chi connectivity index (χ3v) is 21.3. The van der Waals surface area contributed by atoms with Gasteiger partial charge in [0.05, 0.1) is 0 Å². The average molecular weight is 629 g/mol. The van der Waals surface area contributed by atoms with Gasteiger partial charge in [0.1, 0.15) is 0 Å². The fourth-order valence-corrected chi connectivity index (χ4v) is 22.1. The summed E-state index contributed by atoms with van der Waals surface area (Å²) in [4.78, 5) is 0. The Kier molecular flexibility index (Phi) is 7.41. The molecule has 0 heterocycles. The van der Waals surface area contributed by atoms with Crippen LogP contribution in [0.4, 0.5) is 26.3 Å². The van der Waals surface area contributed by atoms with Crippen LogP contribution in [0.15, 0.2) is 63.3 Å². The van der Waals surface area contributed by atoms with Gasteiger partial charge in [0.25, 0.3) is 0 Å². The van der Waals surface area contributed by atoms with Crippen molar-refractivity contribution < 1.29 is 44.2 Å². The normalized spacial score (nSPS) is 24.2. The Morgan fingerprint density at radius 3 is 1.75 bits per heavy atom. The van der Waals surface area contributed by atoms with Crippen molar-refractivity contribution in [3.8, 4) is 0 Å². The zero-order valence-electron chi connectivity index (χ0n) is 20.7. The first kappa shape index (κ1) is 28.2. The van der Waals surface area contributed by atoms with Gasteiger partial charge in [-0.3, -0.25) is 0 Å². The van der Waals surface area contributed by atoms with Gasteiger partial charge in [-0.15, -0.1) is 0 Å². The van der Waals surface area contributed by atoms with Crippen LogP contribution in [0.3, 0.4) is 0 Å². The predicted octanol–water partition coefficient (Wildman–Crippen LogP) is 11.0. The topological polar surface area (TPSA) is 0 Å². The maximum absolute atomic E-state index is 13.5. The summed E-state index contributed by atoms with van der Waals surface area (Å²) in [6.45, 7) is 10.2. The van der Waals surface area contributed by atoms with Crippen LogP contribution >= 0.6 is 17.0 Å². The van der Waals surface area contributed by atoms with Crippen molar-refractivity contribution in [2.24, 2.45) is 0 Å². The number of hydrogen-bond acceptors (Lipinski definition) is 0. The van der Waals surface area contributed by atoms with Gasteiger partial charge in [0, 0.05) is 0 Å². The van der Waals surface area contributed by atoms with Crippen molar-refractivity contribution >= 4 is 17.0 Å². The number of rotatable bonds is 3. The molecule has 0 radical (unpaired) electrons. The van der Waals surface area contributed by atoms with E-state index >= 15 is 0 Å². The molecular weight excluding hydrogens is 600 g/mol. The third kappa shape index (κ3) is 4.75. The molecule has 0 aliphatic heterocycles. The van der Waals surface area contributed by atoms with Crippen LogP contribution < -0.4 is 0 Å². The van der Waals surface area contributed by atoms with E-state index in [0.717, 1.165) is 28.9 Å². The van der Waals surface area contributed by atoms with Gasteiger partial charge < -0.3 is 0 Å². The second-order valence-electron chi connectivity index (χ2n) is 10.3. The molecule has 2 atom stereocenters. The van der Waals surface area contributed by atoms with E-state index in [-0.39, 0.29) is 18.9 Å². The molecule has 1 aromatic carbocycles. The van der Waals surface area contributed by atoms with E-state index in [9.17, 15) is 26.3 Å². The number of allylic oxidation sites excluding steroid dienone is 8. The van der Waals surface area contributed by atoms with Crippen LogP contribution in [-0.2, 0) is 30.2 Å². The first-order valence-corrected chi connectivity index (χ1v) is 21.1. The molecule has 4 rings (SSSR count). The van der Waals surface area contributed by atoms with Crippen LogP contribution in [0.1, 0.15) is 76.5 Å². The van der Waals surface area contributed by atoms with Crippen LogP contribution in [0, 0.1) is 0 Å². The Labute approximate surface area is 219 Å². The van der Waals surface area contributed by atoms with Gasteiger partial charge in [0.2, 0.25) is 0 Å². The number of hydrogen-bond donors (Lipinski definition) is 0. The monoisotopic (exact) mass is 626 g/mol. The summed E-state index contributed by atoms with van der Waals surface area (Å²) in [5.41, 5.74) is 5.00. The Bertz CT molecular complexity index is 1170. The van der Waals surface area contributed by atoms with Crippen LogP contribution in [0.2, 0.25) is 7.25 Å². The van der Waals surface area contributed by atoms with E-state index in [2.05, 4.69) is 27.7 Å². The number of alkyl halides is 6. The van der Waals surface area contributed by atoms with E-state index in [1.807, 2.05) is 13.0 Å². The zero-order chi connectivity index (χ0) is 27.0. The summed E-state index contributed by atoms with van der Waals surface area (Å²) in [6.07, 6.45) is -6.00. The third-order valence-electron chi connectivity index (χ3n) is 8.27. The van der Waals surface area contributed by atoms with E-state index in [4.69, 9.17) is 17.0 Å². The quantitative estimate of drug-likeness (QED) is 0.292. The minimum atomic E-state index is -4.88. The van der Waals surface area contributed by atoms with Crippen molar-refractivity contribution in [3.63, 3.8) is 0 Å². The molecule has 0 saturated heterocycles. The van der Waals surface area contributed by atoms with Gasteiger partial charge in [0.15, 0.2) is 0 Å². The molecule has 196 valence electrons. The SMILES string of the molecule is CC1=CC2=C(CCCC2c2cc(C(F)(F)F)cc(C(F)(F)F)c2)[CH]1[Zr]([Cl])([Cl])[CH]1C(C)=C(C)C(C)=C1C. The van der Waals surface area contributed by atoms with E-state index in [1.54, 1.807) is 0 Å². The molecule has 1 aromatic rings. The van der Waals surface area contributed by atoms with Crippen molar-refractivity contribution in [1.82, 2.24) is 0 Å². The van der Waals surface area contributed by atoms with Gasteiger partial charge in [-0.05, 0) is 0 Å². The fourth-order valence-electron chi connectivity index (χ4n) is 6.28. The summed E-state index contributed by atoms with van der Waals surface area (Å²) in [5, 5.41) is 0. The number of halogens is 8. The molecule has 0 amide bonds. The standard InChI is InChI=1S/C18H15F6.C9H13.2ClH.Zr/c1-10-5-11-3-2-4-15(16(11)6-10)12-7-13(17(19,20)21)9-14(8-12)18(22,23)24;1-6-5-7(2)9(4)8(6)3;;;/h5-9,15H,2-4H2,1H3;5H,1-4H3;2*1H;/q;;;;+2/p-2. The summed E-state index contributed by atoms with van der Waals surface area (Å²) in [5.74, 6) is -0.562. The first-order valence-electron chi connectivity index (χ1n) is 11.9. The van der Waals surface area contributed by atoms with Gasteiger partial charge in [-0.2, -0.15) is 0 Å². The van der Waals surface area contributed by atoms with Crippen molar-refractivity contribution in [1.29, 1.82) is 0 Å². The Morgan fingerprint density at radius 2 is 1.28 bits per heavy atom. The molecule has 2 unspecified atom stereocenters. The maximum atomic E-state index is 13.5. The fraction of sp³-hybridized carbons (Fsp3) is 0.481. The molecule has 0 fully saturated rings. The molecule has 0 spiro atoms. The van der Waals surface area contributed by atoms with Crippen LogP contribution in [0.5, 0.6) is 0 Å². The molecular formula is C27H28Cl2F6Zr. The van der Waals surface area contributed by atoms with Gasteiger partial charge in [-0.25, -0.2) is 0 Å². The Morgan fingerprint density at radius 1 is 0.778 bits per heavy atom. The average Bonchev–Trinajstić information content (AvgIpc) is 3.21. The summed E-state index contributed by atoms with van der Waals surface area (Å²) in [6, 6.07) is 1.93. The molecule has 36 heavy (non-hydrogen) atoms. The zero-order valence-corrected chi connectivity index (χ0v) is 24.7. The molecule has 0 nitrogen and oxygen atoms in total. The van der Waals surface area contributed by atoms with Crippen molar-refractivity contribution in [2.75, 3.05) is 0 Å². The second kappa shape index (κ2) is 9.45. The molecule has 0 bridgehead atoms. The van der Waals surface area contributed by atoms with Gasteiger partial charge >= 0.3 is 221 Å². The summed E-state index contributed by atoms with van der Waals surface area (Å²) >= 11 is -4.03. The van der Waals surface area contributed by atoms with Gasteiger partial charge in [-0.1, -0.05) is 0 Å². The van der Waals surface area contributed by atoms with Crippen LogP contribution in [0.25, 0.3) is 0 Å². The van der Waals surface area contributed by atoms with E-state index in [1.165, 1.54) is 22.3 Å². The molecule has 0 aromatic heterocycles. The molecule has 0 saturated carbocycles. The molecule has 3 aliphatic carbocycles. The van der Waals surface area contributed by atoms with E-state index < -0.39 is 47.3 Å². The van der Waals surface area contributed by atoms with E-state index in [0.29, 0.717) is 19.3 Å². The second-order valence-corrected chi connectivity index (χ2v) is 25.0. The minimum absolute atomic E-state index is 0.0198. The summed E-state index contributed by atoms with van der Waals surface area (Å²) < 4.78 is 81.0. The number of benzene rings is 1. The molecule has 9 heteroatoms. The molecule has 3 aliphatic rings. The van der Waals surface area contributed by atoms with Crippen molar-refractivity contribution in [3.05, 3.63) is 80.0 Å².